The van der Waals surface area contributed by atoms with Gasteiger partial charge in [-0.25, -0.2) is 4.79 Å². The minimum Gasteiger partial charge on any atom is -0.465 e. The molecule has 0 bridgehead atoms. The number of carbonyl (C=O) groups excluding carboxylic acids is 1. The Morgan fingerprint density at radius 1 is 1.55 bits per heavy atom. The number of nitrogens with zero attached hydrogens (tertiary/aromatic N) is 1. The second-order valence-corrected chi connectivity index (χ2v) is 6.89. The molecule has 3 heterocycles. The summed E-state index contributed by atoms with van der Waals surface area (Å²) >= 11 is 2.97. The van der Waals surface area contributed by atoms with Crippen molar-refractivity contribution in [2.45, 2.75) is 12.8 Å². The molecule has 0 radical (unpaired) electrons. The Kier molecular flexibility index (Phi) is 3.64. The maximum Gasteiger partial charge on any atom is 0.342 e. The number of nitriles is 1. The van der Waals surface area contributed by atoms with Crippen molar-refractivity contribution in [1.82, 2.24) is 0 Å². The lowest BCUT2D eigenvalue weighted by Gasteiger charge is -2.22. The molecule has 2 aromatic heterocycles. The predicted octanol–water partition coefficient (Wildman–Crippen LogP) is 3.12. The minimum absolute atomic E-state index is 0.0383. The van der Waals surface area contributed by atoms with E-state index in [0.29, 0.717) is 16.9 Å². The zero-order valence-corrected chi connectivity index (χ0v) is 13.5. The predicted molar refractivity (Wildman–Crippen MR) is 84.0 cm³/mol. The van der Waals surface area contributed by atoms with Gasteiger partial charge in [0, 0.05) is 9.75 Å². The fourth-order valence-electron chi connectivity index (χ4n) is 2.46. The van der Waals surface area contributed by atoms with Gasteiger partial charge in [0.25, 0.3) is 0 Å². The summed E-state index contributed by atoms with van der Waals surface area (Å²) in [5.41, 5.74) is 6.66. The van der Waals surface area contributed by atoms with E-state index in [-0.39, 0.29) is 11.8 Å². The standard InChI is InChI=1S/C15H12N2O3S2/c1-7-10(15(18)19-2)12-13(22-7)11(9-4-3-5-21-9)8(6-16)14(17)20-12/h3-5,11H,17H2,1-2H3. The van der Waals surface area contributed by atoms with Crippen molar-refractivity contribution < 1.29 is 14.3 Å². The molecule has 0 fully saturated rings. The lowest BCUT2D eigenvalue weighted by molar-refractivity contribution is 0.0597. The third kappa shape index (κ3) is 2.08. The number of aryl methyl sites for hydroxylation is 1. The molecular formula is C15H12N2O3S2. The summed E-state index contributed by atoms with van der Waals surface area (Å²) in [6.45, 7) is 1.83. The Morgan fingerprint density at radius 3 is 2.91 bits per heavy atom. The SMILES string of the molecule is COC(=O)c1c(C)sc2c1OC(N)=C(C#N)C2c1cccs1. The minimum atomic E-state index is -0.465. The van der Waals surface area contributed by atoms with Crippen molar-refractivity contribution in [2.24, 2.45) is 5.73 Å². The maximum absolute atomic E-state index is 12.0. The van der Waals surface area contributed by atoms with Gasteiger partial charge in [-0.1, -0.05) is 6.07 Å². The summed E-state index contributed by atoms with van der Waals surface area (Å²) in [5, 5.41) is 11.4. The molecule has 1 atom stereocenters. The van der Waals surface area contributed by atoms with Crippen molar-refractivity contribution in [3.63, 3.8) is 0 Å². The Balaban J connectivity index is 2.24. The van der Waals surface area contributed by atoms with Gasteiger partial charge in [0.2, 0.25) is 5.88 Å². The number of methoxy groups -OCH3 is 1. The zero-order valence-electron chi connectivity index (χ0n) is 11.9. The molecule has 0 amide bonds. The largest absolute Gasteiger partial charge is 0.465 e. The number of nitrogens with two attached hydrogens (primary N) is 1. The second kappa shape index (κ2) is 5.48. The van der Waals surface area contributed by atoms with E-state index in [1.54, 1.807) is 0 Å². The number of fused-ring (bicyclic) bond motifs is 1. The number of carbonyl (C=O) groups is 1. The summed E-state index contributed by atoms with van der Waals surface area (Å²) in [7, 11) is 1.32. The van der Waals surface area contributed by atoms with Gasteiger partial charge >= 0.3 is 5.97 Å². The summed E-state index contributed by atoms with van der Waals surface area (Å²) < 4.78 is 10.4. The van der Waals surface area contributed by atoms with Gasteiger partial charge in [0.15, 0.2) is 5.75 Å². The Hall–Kier alpha value is -2.30. The Bertz CT molecular complexity index is 813. The average molecular weight is 332 g/mol. The Morgan fingerprint density at radius 2 is 2.32 bits per heavy atom. The van der Waals surface area contributed by atoms with Gasteiger partial charge < -0.3 is 15.2 Å². The van der Waals surface area contributed by atoms with Crippen LogP contribution in [0.25, 0.3) is 0 Å². The lowest BCUT2D eigenvalue weighted by Crippen LogP contribution is -2.20. The van der Waals surface area contributed by atoms with E-state index in [4.69, 9.17) is 15.2 Å². The van der Waals surface area contributed by atoms with E-state index in [9.17, 15) is 10.1 Å². The number of hydrogen-bond acceptors (Lipinski definition) is 7. The molecule has 2 aromatic rings. The Labute approximate surface area is 135 Å². The van der Waals surface area contributed by atoms with Crippen LogP contribution in [0.4, 0.5) is 0 Å². The molecule has 112 valence electrons. The van der Waals surface area contributed by atoms with Gasteiger partial charge in [-0.2, -0.15) is 5.26 Å². The molecule has 7 heteroatoms. The number of rotatable bonds is 2. The van der Waals surface area contributed by atoms with Gasteiger partial charge in [-0.15, -0.1) is 22.7 Å². The molecule has 5 nitrogen and oxygen atoms in total. The molecule has 0 saturated heterocycles. The van der Waals surface area contributed by atoms with E-state index >= 15 is 0 Å². The molecular weight excluding hydrogens is 320 g/mol. The molecule has 0 saturated carbocycles. The highest BCUT2D eigenvalue weighted by atomic mass is 32.1. The van der Waals surface area contributed by atoms with Crippen LogP contribution in [0.2, 0.25) is 0 Å². The number of ether oxygens (including phenoxy) is 2. The third-order valence-electron chi connectivity index (χ3n) is 3.43. The summed E-state index contributed by atoms with van der Waals surface area (Å²) in [4.78, 5) is 14.6. The fourth-order valence-corrected chi connectivity index (χ4v) is 4.59. The molecule has 1 aliphatic heterocycles. The summed E-state index contributed by atoms with van der Waals surface area (Å²) in [6.07, 6.45) is 0. The fraction of sp³-hybridized carbons (Fsp3) is 0.200. The molecule has 3 rings (SSSR count). The van der Waals surface area contributed by atoms with Crippen molar-refractivity contribution >= 4 is 28.6 Å². The lowest BCUT2D eigenvalue weighted by atomic mass is 9.93. The highest BCUT2D eigenvalue weighted by molar-refractivity contribution is 7.13. The first-order valence-corrected chi connectivity index (χ1v) is 8.10. The molecule has 0 aliphatic carbocycles. The number of allylic oxidation sites excluding steroid dienone is 1. The van der Waals surface area contributed by atoms with Crippen molar-refractivity contribution in [1.29, 1.82) is 5.26 Å². The van der Waals surface area contributed by atoms with Gasteiger partial charge in [-0.3, -0.25) is 0 Å². The molecule has 0 aromatic carbocycles. The topological polar surface area (TPSA) is 85.3 Å². The summed E-state index contributed by atoms with van der Waals surface area (Å²) in [6, 6.07) is 6.00. The first kappa shape index (κ1) is 14.6. The van der Waals surface area contributed by atoms with Crippen LogP contribution in [0.5, 0.6) is 5.75 Å². The number of thiophene rings is 2. The maximum atomic E-state index is 12.0. The van der Waals surface area contributed by atoms with E-state index in [0.717, 1.165) is 14.6 Å². The van der Waals surface area contributed by atoms with Gasteiger partial charge in [-0.05, 0) is 18.4 Å². The van der Waals surface area contributed by atoms with Crippen LogP contribution < -0.4 is 10.5 Å². The van der Waals surface area contributed by atoms with E-state index in [1.807, 2.05) is 24.4 Å². The van der Waals surface area contributed by atoms with Crippen molar-refractivity contribution in [2.75, 3.05) is 7.11 Å². The van der Waals surface area contributed by atoms with Crippen LogP contribution in [0, 0.1) is 18.3 Å². The molecule has 1 unspecified atom stereocenters. The van der Waals surface area contributed by atoms with Crippen LogP contribution in [0.15, 0.2) is 29.0 Å². The van der Waals surface area contributed by atoms with Crippen LogP contribution in [0.1, 0.15) is 30.9 Å². The van der Waals surface area contributed by atoms with Crippen LogP contribution in [-0.4, -0.2) is 13.1 Å². The molecule has 22 heavy (non-hydrogen) atoms. The van der Waals surface area contributed by atoms with Gasteiger partial charge in [0.1, 0.15) is 17.2 Å². The number of hydrogen-bond donors (Lipinski definition) is 1. The first-order chi connectivity index (χ1) is 10.6. The smallest absolute Gasteiger partial charge is 0.342 e. The zero-order chi connectivity index (χ0) is 15.9. The monoisotopic (exact) mass is 332 g/mol. The van der Waals surface area contributed by atoms with E-state index < -0.39 is 5.97 Å². The van der Waals surface area contributed by atoms with Crippen LogP contribution >= 0.6 is 22.7 Å². The second-order valence-electron chi connectivity index (χ2n) is 4.66. The van der Waals surface area contributed by atoms with Crippen molar-refractivity contribution in [3.8, 4) is 11.8 Å². The summed E-state index contributed by atoms with van der Waals surface area (Å²) in [5.74, 6) is -0.315. The third-order valence-corrected chi connectivity index (χ3v) is 5.52. The van der Waals surface area contributed by atoms with Crippen LogP contribution in [-0.2, 0) is 4.74 Å². The van der Waals surface area contributed by atoms with Crippen LogP contribution in [0.3, 0.4) is 0 Å². The highest BCUT2D eigenvalue weighted by Crippen LogP contribution is 2.50. The normalized spacial score (nSPS) is 16.7. The van der Waals surface area contributed by atoms with E-state index in [2.05, 4.69) is 6.07 Å². The van der Waals surface area contributed by atoms with Crippen molar-refractivity contribution in [3.05, 3.63) is 49.2 Å². The molecule has 1 aliphatic rings. The van der Waals surface area contributed by atoms with Gasteiger partial charge in [0.05, 0.1) is 17.9 Å². The highest BCUT2D eigenvalue weighted by Gasteiger charge is 2.37. The number of esters is 1. The van der Waals surface area contributed by atoms with E-state index in [1.165, 1.54) is 29.8 Å². The quantitative estimate of drug-likeness (QED) is 0.854. The molecule has 0 spiro atoms. The molecule has 2 N–H and O–H groups in total. The average Bonchev–Trinajstić information content (AvgIpc) is 3.12. The first-order valence-electron chi connectivity index (χ1n) is 6.41.